The van der Waals surface area contributed by atoms with E-state index in [4.69, 9.17) is 0 Å². The molecule has 0 aliphatic carbocycles. The monoisotopic (exact) mass is 290 g/mol. The van der Waals surface area contributed by atoms with E-state index in [0.717, 1.165) is 12.3 Å². The maximum atomic E-state index is 2.52. The van der Waals surface area contributed by atoms with Gasteiger partial charge < -0.3 is 0 Å². The summed E-state index contributed by atoms with van der Waals surface area (Å²) in [6.45, 7) is 15.9. The highest BCUT2D eigenvalue weighted by Gasteiger charge is 2.04. The smallest absolute Gasteiger partial charge is 0.0260 e. The number of hydrogen-bond acceptors (Lipinski definition) is 0. The van der Waals surface area contributed by atoms with E-state index in [1.807, 2.05) is 0 Å². The molecular weight excluding hydrogens is 252 g/mol. The van der Waals surface area contributed by atoms with Crippen molar-refractivity contribution in [1.29, 1.82) is 0 Å². The predicted molar refractivity (Wildman–Crippen MR) is 98.6 cm³/mol. The lowest BCUT2D eigenvalue weighted by Crippen LogP contribution is -1.96. The lowest BCUT2D eigenvalue weighted by molar-refractivity contribution is 0.621. The fourth-order valence-corrected chi connectivity index (χ4v) is 2.69. The molecule has 0 aromatic rings. The van der Waals surface area contributed by atoms with Crippen molar-refractivity contribution in [3.8, 4) is 0 Å². The van der Waals surface area contributed by atoms with Crippen LogP contribution in [0.4, 0.5) is 0 Å². The van der Waals surface area contributed by atoms with E-state index in [2.05, 4.69) is 66.7 Å². The average Bonchev–Trinajstić information content (AvgIpc) is 2.36. The van der Waals surface area contributed by atoms with Gasteiger partial charge in [-0.1, -0.05) is 69.6 Å². The minimum atomic E-state index is 0.692. The second-order valence-electron chi connectivity index (χ2n) is 7.16. The van der Waals surface area contributed by atoms with Crippen LogP contribution in [0.15, 0.2) is 34.9 Å². The van der Waals surface area contributed by atoms with Gasteiger partial charge in [-0.05, 0) is 64.2 Å². The van der Waals surface area contributed by atoms with Crippen LogP contribution in [-0.2, 0) is 0 Å². The van der Waals surface area contributed by atoms with Gasteiger partial charge >= 0.3 is 0 Å². The Morgan fingerprint density at radius 2 is 1.48 bits per heavy atom. The lowest BCUT2D eigenvalue weighted by atomic mass is 9.94. The molecule has 0 aromatic heterocycles. The lowest BCUT2D eigenvalue weighted by Gasteiger charge is -2.12. The van der Waals surface area contributed by atoms with E-state index >= 15 is 0 Å². The quantitative estimate of drug-likeness (QED) is 0.366. The Hall–Kier alpha value is -0.780. The van der Waals surface area contributed by atoms with Gasteiger partial charge in [0.2, 0.25) is 0 Å². The molecule has 21 heavy (non-hydrogen) atoms. The first kappa shape index (κ1) is 20.2. The number of hydrogen-bond donors (Lipinski definition) is 0. The first-order chi connectivity index (χ1) is 9.86. The molecule has 0 heteroatoms. The summed E-state index contributed by atoms with van der Waals surface area (Å²) < 4.78 is 0. The molecule has 0 saturated carbocycles. The molecular formula is C21H38. The minimum absolute atomic E-state index is 0.692. The fraction of sp³-hybridized carbons (Fsp3) is 0.714. The van der Waals surface area contributed by atoms with Crippen molar-refractivity contribution in [2.45, 2.75) is 87.0 Å². The van der Waals surface area contributed by atoms with Gasteiger partial charge in [0, 0.05) is 0 Å². The largest absolute Gasteiger partial charge is 0.0856 e. The van der Waals surface area contributed by atoms with Crippen molar-refractivity contribution in [3.05, 3.63) is 34.9 Å². The van der Waals surface area contributed by atoms with Gasteiger partial charge in [0.05, 0.1) is 0 Å². The maximum absolute atomic E-state index is 2.52. The highest BCUT2D eigenvalue weighted by Crippen LogP contribution is 2.21. The van der Waals surface area contributed by atoms with Gasteiger partial charge in [-0.3, -0.25) is 0 Å². The van der Waals surface area contributed by atoms with Gasteiger partial charge in [0.1, 0.15) is 0 Å². The Kier molecular flexibility index (Phi) is 11.4. The van der Waals surface area contributed by atoms with E-state index in [-0.39, 0.29) is 0 Å². The van der Waals surface area contributed by atoms with Crippen molar-refractivity contribution >= 4 is 0 Å². The zero-order valence-electron chi connectivity index (χ0n) is 15.6. The van der Waals surface area contributed by atoms with Crippen LogP contribution in [0.5, 0.6) is 0 Å². The van der Waals surface area contributed by atoms with Gasteiger partial charge in [0.25, 0.3) is 0 Å². The predicted octanol–water partition coefficient (Wildman–Crippen LogP) is 7.48. The van der Waals surface area contributed by atoms with E-state index in [1.165, 1.54) is 37.7 Å². The molecule has 0 aromatic carbocycles. The van der Waals surface area contributed by atoms with Crippen molar-refractivity contribution in [2.75, 3.05) is 0 Å². The third kappa shape index (κ3) is 11.5. The minimum Gasteiger partial charge on any atom is -0.0856 e. The highest BCUT2D eigenvalue weighted by molar-refractivity contribution is 5.10. The first-order valence-corrected chi connectivity index (χ1v) is 8.86. The third-order valence-corrected chi connectivity index (χ3v) is 3.76. The van der Waals surface area contributed by atoms with Crippen LogP contribution in [-0.4, -0.2) is 0 Å². The van der Waals surface area contributed by atoms with Crippen LogP contribution in [0, 0.1) is 11.8 Å². The van der Waals surface area contributed by atoms with E-state index in [1.54, 1.807) is 11.1 Å². The van der Waals surface area contributed by atoms with Crippen LogP contribution in [0.25, 0.3) is 0 Å². The summed E-state index contributed by atoms with van der Waals surface area (Å²) in [4.78, 5) is 0. The molecule has 0 radical (unpaired) electrons. The topological polar surface area (TPSA) is 0 Å². The summed E-state index contributed by atoms with van der Waals surface area (Å²) in [5.41, 5.74) is 4.72. The normalized spacial score (nSPS) is 13.2. The molecule has 0 heterocycles. The Bertz CT molecular complexity index is 346. The van der Waals surface area contributed by atoms with Gasteiger partial charge in [-0.15, -0.1) is 0 Å². The number of allylic oxidation sites excluding steroid dienone is 6. The summed E-state index contributed by atoms with van der Waals surface area (Å²) in [7, 11) is 0. The van der Waals surface area contributed by atoms with Gasteiger partial charge in [-0.25, -0.2) is 0 Å². The van der Waals surface area contributed by atoms with Gasteiger partial charge in [0.15, 0.2) is 0 Å². The highest BCUT2D eigenvalue weighted by atomic mass is 14.1. The third-order valence-electron chi connectivity index (χ3n) is 3.76. The van der Waals surface area contributed by atoms with Crippen molar-refractivity contribution in [1.82, 2.24) is 0 Å². The molecule has 122 valence electrons. The summed E-state index contributed by atoms with van der Waals surface area (Å²) in [5, 5.41) is 0. The zero-order valence-corrected chi connectivity index (χ0v) is 15.6. The van der Waals surface area contributed by atoms with E-state index in [0.29, 0.717) is 5.92 Å². The van der Waals surface area contributed by atoms with Crippen LogP contribution < -0.4 is 0 Å². The SMILES string of the molecule is CCC=C(CCC=C(CCC=C(C)C)CC(C)C)C(C)C. The van der Waals surface area contributed by atoms with Crippen molar-refractivity contribution in [2.24, 2.45) is 11.8 Å². The molecule has 0 spiro atoms. The molecule has 0 aliphatic heterocycles. The summed E-state index contributed by atoms with van der Waals surface area (Å²) >= 11 is 0. The van der Waals surface area contributed by atoms with Crippen molar-refractivity contribution < 1.29 is 0 Å². The van der Waals surface area contributed by atoms with Crippen LogP contribution in [0.1, 0.15) is 87.0 Å². The summed E-state index contributed by atoms with van der Waals surface area (Å²) in [6.07, 6.45) is 14.6. The van der Waals surface area contributed by atoms with E-state index < -0.39 is 0 Å². The van der Waals surface area contributed by atoms with Crippen molar-refractivity contribution in [3.63, 3.8) is 0 Å². The Labute approximate surface area is 134 Å². The Balaban J connectivity index is 4.54. The summed E-state index contributed by atoms with van der Waals surface area (Å²) in [5.74, 6) is 1.45. The molecule has 0 nitrogen and oxygen atoms in total. The number of rotatable bonds is 10. The molecule has 0 rings (SSSR count). The van der Waals surface area contributed by atoms with Crippen LogP contribution >= 0.6 is 0 Å². The second-order valence-corrected chi connectivity index (χ2v) is 7.16. The fourth-order valence-electron chi connectivity index (χ4n) is 2.69. The maximum Gasteiger partial charge on any atom is -0.0260 e. The molecule has 0 bridgehead atoms. The van der Waals surface area contributed by atoms with Gasteiger partial charge in [-0.2, -0.15) is 0 Å². The molecule has 0 N–H and O–H groups in total. The Morgan fingerprint density at radius 3 is 1.95 bits per heavy atom. The standard InChI is InChI=1S/C21H38/c1-8-11-21(19(6)7)15-10-14-20(16-18(4)5)13-9-12-17(2)3/h11-12,14,18-19H,8-10,13,15-16H2,1-7H3. The van der Waals surface area contributed by atoms with Crippen LogP contribution in [0.3, 0.4) is 0 Å². The molecule has 0 amide bonds. The second kappa shape index (κ2) is 11.8. The molecule has 0 unspecified atom stereocenters. The summed E-state index contributed by atoms with van der Waals surface area (Å²) in [6, 6.07) is 0. The zero-order chi connectivity index (χ0) is 16.3. The van der Waals surface area contributed by atoms with Crippen LogP contribution in [0.2, 0.25) is 0 Å². The first-order valence-electron chi connectivity index (χ1n) is 8.86. The molecule has 0 fully saturated rings. The van der Waals surface area contributed by atoms with E-state index in [9.17, 15) is 0 Å². The molecule has 0 aliphatic rings. The Morgan fingerprint density at radius 1 is 0.857 bits per heavy atom. The molecule has 0 atom stereocenters. The average molecular weight is 291 g/mol. The molecule has 0 saturated heterocycles.